The molecule has 9 nitrogen and oxygen atoms in total. The van der Waals surface area contributed by atoms with Gasteiger partial charge < -0.3 is 25.4 Å². The molecule has 0 unspecified atom stereocenters. The standard InChI is InChI=1S/C30H36N4O5S/c1-19-25(40-18-32-19)22-12-10-20(11-13-22)15-31-27(36)24-14-23(35)16-34(24)28(37)26(30(2,3)4)33-29(38)39-17-21-8-6-5-7-9-21/h5-13,18,23-24,26,35H,14-17H2,1-4H3,(H,31,36)(H,33,38)/t23-,24+,26-/m1/s1. The fourth-order valence-electron chi connectivity index (χ4n) is 4.66. The number of alkyl carbamates (subject to hydrolysis) is 1. The average Bonchev–Trinajstić information content (AvgIpc) is 3.54. The number of likely N-dealkylation sites (tertiary alicyclic amines) is 1. The van der Waals surface area contributed by atoms with Crippen LogP contribution in [0.4, 0.5) is 4.79 Å². The average molecular weight is 565 g/mol. The molecule has 3 aromatic rings. The highest BCUT2D eigenvalue weighted by Crippen LogP contribution is 2.28. The minimum atomic E-state index is -0.959. The van der Waals surface area contributed by atoms with Crippen molar-refractivity contribution in [3.63, 3.8) is 0 Å². The summed E-state index contributed by atoms with van der Waals surface area (Å²) in [7, 11) is 0. The Morgan fingerprint density at radius 3 is 2.42 bits per heavy atom. The van der Waals surface area contributed by atoms with E-state index in [1.807, 2.05) is 87.8 Å². The molecule has 0 radical (unpaired) electrons. The number of rotatable bonds is 8. The van der Waals surface area contributed by atoms with Crippen molar-refractivity contribution >= 4 is 29.2 Å². The number of benzene rings is 2. The predicted molar refractivity (Wildman–Crippen MR) is 153 cm³/mol. The number of β-amino-alcohol motifs (C(OH)–C–C–N with tert-alkyl or cyclic N) is 1. The number of thiazole rings is 1. The Hall–Kier alpha value is -3.76. The van der Waals surface area contributed by atoms with Crippen LogP contribution in [0.25, 0.3) is 10.4 Å². The molecule has 1 saturated heterocycles. The Morgan fingerprint density at radius 1 is 1.10 bits per heavy atom. The maximum atomic E-state index is 13.7. The van der Waals surface area contributed by atoms with Gasteiger partial charge in [0.1, 0.15) is 18.7 Å². The predicted octanol–water partition coefficient (Wildman–Crippen LogP) is 4.04. The third-order valence-corrected chi connectivity index (χ3v) is 7.86. The zero-order chi connectivity index (χ0) is 28.9. The van der Waals surface area contributed by atoms with Crippen molar-refractivity contribution in [2.24, 2.45) is 5.41 Å². The van der Waals surface area contributed by atoms with Gasteiger partial charge in [0.15, 0.2) is 0 Å². The number of carbonyl (C=O) groups is 3. The van der Waals surface area contributed by atoms with Crippen LogP contribution in [0.5, 0.6) is 0 Å². The molecule has 0 spiro atoms. The first-order valence-corrected chi connectivity index (χ1v) is 14.1. The van der Waals surface area contributed by atoms with Crippen LogP contribution in [0.3, 0.4) is 0 Å². The van der Waals surface area contributed by atoms with Gasteiger partial charge in [-0.05, 0) is 29.0 Å². The number of hydrogen-bond donors (Lipinski definition) is 3. The van der Waals surface area contributed by atoms with Gasteiger partial charge in [-0.25, -0.2) is 9.78 Å². The molecule has 2 heterocycles. The summed E-state index contributed by atoms with van der Waals surface area (Å²) in [4.78, 5) is 46.2. The molecular weight excluding hydrogens is 528 g/mol. The molecule has 40 heavy (non-hydrogen) atoms. The number of aromatic nitrogens is 1. The van der Waals surface area contributed by atoms with E-state index >= 15 is 0 Å². The Kier molecular flexibility index (Phi) is 9.21. The summed E-state index contributed by atoms with van der Waals surface area (Å²) in [6.45, 7) is 7.80. The zero-order valence-electron chi connectivity index (χ0n) is 23.2. The summed E-state index contributed by atoms with van der Waals surface area (Å²) in [5.41, 5.74) is 4.91. The van der Waals surface area contributed by atoms with Crippen LogP contribution in [-0.4, -0.2) is 57.6 Å². The number of ether oxygens (including phenoxy) is 1. The van der Waals surface area contributed by atoms with Crippen molar-refractivity contribution in [1.82, 2.24) is 20.5 Å². The lowest BCUT2D eigenvalue weighted by Gasteiger charge is -2.35. The summed E-state index contributed by atoms with van der Waals surface area (Å²) in [6.07, 6.45) is -1.45. The lowest BCUT2D eigenvalue weighted by atomic mass is 9.85. The molecule has 0 saturated carbocycles. The van der Waals surface area contributed by atoms with Crippen molar-refractivity contribution in [3.8, 4) is 10.4 Å². The molecule has 10 heteroatoms. The molecule has 1 fully saturated rings. The Bertz CT molecular complexity index is 1320. The van der Waals surface area contributed by atoms with Gasteiger partial charge in [0, 0.05) is 19.5 Å². The molecule has 0 aliphatic carbocycles. The molecule has 1 aliphatic heterocycles. The second-order valence-corrected chi connectivity index (χ2v) is 11.9. The number of carbonyl (C=O) groups excluding carboxylic acids is 3. The summed E-state index contributed by atoms with van der Waals surface area (Å²) in [5.74, 6) is -0.795. The quantitative estimate of drug-likeness (QED) is 0.380. The summed E-state index contributed by atoms with van der Waals surface area (Å²) < 4.78 is 5.34. The third-order valence-electron chi connectivity index (χ3n) is 6.88. The zero-order valence-corrected chi connectivity index (χ0v) is 24.0. The summed E-state index contributed by atoms with van der Waals surface area (Å²) in [6, 6.07) is 15.3. The van der Waals surface area contributed by atoms with Crippen LogP contribution in [0.2, 0.25) is 0 Å². The van der Waals surface area contributed by atoms with E-state index in [2.05, 4.69) is 15.6 Å². The molecule has 212 valence electrons. The highest BCUT2D eigenvalue weighted by atomic mass is 32.1. The van der Waals surface area contributed by atoms with Crippen LogP contribution in [0.1, 0.15) is 44.0 Å². The fourth-order valence-corrected chi connectivity index (χ4v) is 5.47. The van der Waals surface area contributed by atoms with E-state index in [0.29, 0.717) is 0 Å². The second kappa shape index (κ2) is 12.6. The van der Waals surface area contributed by atoms with Crippen molar-refractivity contribution in [1.29, 1.82) is 0 Å². The largest absolute Gasteiger partial charge is 0.445 e. The van der Waals surface area contributed by atoms with E-state index in [1.165, 1.54) is 4.90 Å². The lowest BCUT2D eigenvalue weighted by Crippen LogP contribution is -2.57. The van der Waals surface area contributed by atoms with Gasteiger partial charge in [-0.3, -0.25) is 9.59 Å². The number of aliphatic hydroxyl groups is 1. The maximum absolute atomic E-state index is 13.7. The van der Waals surface area contributed by atoms with Crippen LogP contribution < -0.4 is 10.6 Å². The Morgan fingerprint density at radius 2 is 1.80 bits per heavy atom. The molecule has 2 aromatic carbocycles. The van der Waals surface area contributed by atoms with Crippen molar-refractivity contribution in [3.05, 3.63) is 76.9 Å². The van der Waals surface area contributed by atoms with E-state index in [0.717, 1.165) is 27.3 Å². The lowest BCUT2D eigenvalue weighted by molar-refractivity contribution is -0.142. The van der Waals surface area contributed by atoms with Gasteiger partial charge in [0.05, 0.1) is 22.2 Å². The molecule has 1 aliphatic rings. The van der Waals surface area contributed by atoms with Crippen molar-refractivity contribution in [2.45, 2.75) is 65.5 Å². The molecule has 3 amide bonds. The fraction of sp³-hybridized carbons (Fsp3) is 0.400. The van der Waals surface area contributed by atoms with Crippen molar-refractivity contribution in [2.75, 3.05) is 6.54 Å². The summed E-state index contributed by atoms with van der Waals surface area (Å²) >= 11 is 1.58. The van der Waals surface area contributed by atoms with Crippen molar-refractivity contribution < 1.29 is 24.2 Å². The van der Waals surface area contributed by atoms with Gasteiger partial charge in [-0.2, -0.15) is 0 Å². The van der Waals surface area contributed by atoms with E-state index in [9.17, 15) is 19.5 Å². The number of aryl methyl sites for hydroxylation is 1. The van der Waals surface area contributed by atoms with Crippen LogP contribution >= 0.6 is 11.3 Å². The number of aliphatic hydroxyl groups excluding tert-OH is 1. The summed E-state index contributed by atoms with van der Waals surface area (Å²) in [5, 5.41) is 16.0. The van der Waals surface area contributed by atoms with E-state index in [-0.39, 0.29) is 32.0 Å². The van der Waals surface area contributed by atoms with E-state index < -0.39 is 35.6 Å². The highest BCUT2D eigenvalue weighted by molar-refractivity contribution is 7.13. The molecule has 1 aromatic heterocycles. The van der Waals surface area contributed by atoms with Crippen LogP contribution in [-0.2, 0) is 27.5 Å². The minimum absolute atomic E-state index is 0.00708. The van der Waals surface area contributed by atoms with Gasteiger partial charge >= 0.3 is 6.09 Å². The first-order chi connectivity index (χ1) is 19.0. The Labute approximate surface area is 238 Å². The smallest absolute Gasteiger partial charge is 0.408 e. The number of nitrogens with one attached hydrogen (secondary N) is 2. The first kappa shape index (κ1) is 29.2. The number of nitrogens with zero attached hydrogens (tertiary/aromatic N) is 2. The number of hydrogen-bond acceptors (Lipinski definition) is 7. The van der Waals surface area contributed by atoms with Crippen LogP contribution in [0.15, 0.2) is 60.1 Å². The minimum Gasteiger partial charge on any atom is -0.445 e. The normalized spacial score (nSPS) is 17.8. The Balaban J connectivity index is 1.38. The van der Waals surface area contributed by atoms with Gasteiger partial charge in [0.2, 0.25) is 11.8 Å². The maximum Gasteiger partial charge on any atom is 0.408 e. The van der Waals surface area contributed by atoms with E-state index in [4.69, 9.17) is 4.74 Å². The SMILES string of the molecule is Cc1ncsc1-c1ccc(CNC(=O)[C@@H]2C[C@@H](O)CN2C(=O)[C@@H](NC(=O)OCc2ccccc2)C(C)(C)C)cc1. The third kappa shape index (κ3) is 7.25. The second-order valence-electron chi connectivity index (χ2n) is 11.1. The molecular formula is C30H36N4O5S. The van der Waals surface area contributed by atoms with Gasteiger partial charge in [-0.1, -0.05) is 75.4 Å². The monoisotopic (exact) mass is 564 g/mol. The molecule has 4 rings (SSSR count). The van der Waals surface area contributed by atoms with Gasteiger partial charge in [0.25, 0.3) is 0 Å². The van der Waals surface area contributed by atoms with Crippen LogP contribution in [0, 0.1) is 12.3 Å². The van der Waals surface area contributed by atoms with Gasteiger partial charge in [-0.15, -0.1) is 11.3 Å². The topological polar surface area (TPSA) is 121 Å². The number of amides is 3. The highest BCUT2D eigenvalue weighted by Gasteiger charge is 2.44. The molecule has 3 atom stereocenters. The molecule has 0 bridgehead atoms. The molecule has 3 N–H and O–H groups in total. The van der Waals surface area contributed by atoms with E-state index in [1.54, 1.807) is 11.3 Å². The first-order valence-electron chi connectivity index (χ1n) is 13.3.